The average molecular weight is 334 g/mol. The Morgan fingerprint density at radius 2 is 2.25 bits per heavy atom. The number of likely N-dealkylation sites (tertiary alicyclic amines) is 1. The zero-order valence-electron chi connectivity index (χ0n) is 14.5. The van der Waals surface area contributed by atoms with Crippen molar-refractivity contribution in [1.29, 1.82) is 0 Å². The molecule has 3 amide bonds. The Bertz CT molecular complexity index is 579. The minimum atomic E-state index is -0.544. The van der Waals surface area contributed by atoms with Crippen LogP contribution in [0.2, 0.25) is 0 Å². The van der Waals surface area contributed by atoms with Gasteiger partial charge in [-0.2, -0.15) is 0 Å². The number of nitrogens with zero attached hydrogens (tertiary/aromatic N) is 2. The molecule has 132 valence electrons. The number of methoxy groups -OCH3 is 1. The second-order valence-electron chi connectivity index (χ2n) is 6.13. The first-order chi connectivity index (χ1) is 11.5. The SMILES string of the molecule is COc1cc(CNC(=O)N[C@@H](C)C(=O)N2CCCC[C@H]2C)ccn1. The van der Waals surface area contributed by atoms with Crippen LogP contribution in [0.25, 0.3) is 0 Å². The number of carbonyl (C=O) groups is 2. The molecule has 1 aliphatic heterocycles. The number of nitrogens with one attached hydrogen (secondary N) is 2. The van der Waals surface area contributed by atoms with Crippen LogP contribution in [0.3, 0.4) is 0 Å². The molecule has 1 aromatic heterocycles. The molecule has 1 aromatic rings. The lowest BCUT2D eigenvalue weighted by atomic mass is 10.0. The van der Waals surface area contributed by atoms with Crippen molar-refractivity contribution in [3.8, 4) is 5.88 Å². The molecule has 7 heteroatoms. The number of hydrogen-bond donors (Lipinski definition) is 2. The molecule has 0 spiro atoms. The van der Waals surface area contributed by atoms with Crippen LogP contribution < -0.4 is 15.4 Å². The van der Waals surface area contributed by atoms with E-state index in [1.54, 1.807) is 32.4 Å². The molecule has 7 nitrogen and oxygen atoms in total. The van der Waals surface area contributed by atoms with Gasteiger partial charge < -0.3 is 20.3 Å². The number of pyridine rings is 1. The summed E-state index contributed by atoms with van der Waals surface area (Å²) in [5.41, 5.74) is 0.876. The van der Waals surface area contributed by atoms with E-state index in [0.717, 1.165) is 31.4 Å². The molecular formula is C17H26N4O3. The normalized spacial score (nSPS) is 18.6. The van der Waals surface area contributed by atoms with Crippen molar-refractivity contribution < 1.29 is 14.3 Å². The van der Waals surface area contributed by atoms with Crippen molar-refractivity contribution >= 4 is 11.9 Å². The van der Waals surface area contributed by atoms with E-state index in [4.69, 9.17) is 4.74 Å². The van der Waals surface area contributed by atoms with Crippen molar-refractivity contribution in [3.05, 3.63) is 23.9 Å². The highest BCUT2D eigenvalue weighted by Crippen LogP contribution is 2.17. The molecule has 1 aliphatic rings. The van der Waals surface area contributed by atoms with Crippen LogP contribution in [0, 0.1) is 0 Å². The maximum absolute atomic E-state index is 12.5. The minimum absolute atomic E-state index is 0.0251. The Kier molecular flexibility index (Phi) is 6.40. The van der Waals surface area contributed by atoms with E-state index in [0.29, 0.717) is 12.4 Å². The van der Waals surface area contributed by atoms with Gasteiger partial charge in [0, 0.05) is 31.4 Å². The number of piperidine rings is 1. The van der Waals surface area contributed by atoms with E-state index in [9.17, 15) is 9.59 Å². The third-order valence-corrected chi connectivity index (χ3v) is 4.27. The standard InChI is InChI=1S/C17H26N4O3/c1-12-6-4-5-9-21(12)16(22)13(2)20-17(23)19-11-14-7-8-18-15(10-14)24-3/h7-8,10,12-13H,4-6,9,11H2,1-3H3,(H2,19,20,23)/t12-,13+/m1/s1. The number of hydrogen-bond acceptors (Lipinski definition) is 4. The monoisotopic (exact) mass is 334 g/mol. The van der Waals surface area contributed by atoms with Crippen LogP contribution in [-0.2, 0) is 11.3 Å². The smallest absolute Gasteiger partial charge is 0.315 e. The van der Waals surface area contributed by atoms with E-state index < -0.39 is 6.04 Å². The van der Waals surface area contributed by atoms with E-state index in [1.807, 2.05) is 4.90 Å². The predicted molar refractivity (Wildman–Crippen MR) is 90.6 cm³/mol. The minimum Gasteiger partial charge on any atom is -0.481 e. The topological polar surface area (TPSA) is 83.6 Å². The van der Waals surface area contributed by atoms with Gasteiger partial charge in [-0.05, 0) is 44.7 Å². The summed E-state index contributed by atoms with van der Waals surface area (Å²) in [6, 6.07) is 2.88. The largest absolute Gasteiger partial charge is 0.481 e. The molecule has 2 atom stereocenters. The first-order valence-corrected chi connectivity index (χ1v) is 8.35. The van der Waals surface area contributed by atoms with E-state index >= 15 is 0 Å². The number of amides is 3. The molecule has 2 heterocycles. The van der Waals surface area contributed by atoms with Crippen molar-refractivity contribution in [2.24, 2.45) is 0 Å². The molecule has 0 aliphatic carbocycles. The molecule has 2 N–H and O–H groups in total. The Labute approximate surface area is 142 Å². The van der Waals surface area contributed by atoms with Gasteiger partial charge in [0.15, 0.2) is 0 Å². The Hall–Kier alpha value is -2.31. The zero-order chi connectivity index (χ0) is 17.5. The van der Waals surface area contributed by atoms with Crippen LogP contribution in [0.1, 0.15) is 38.7 Å². The lowest BCUT2D eigenvalue weighted by Gasteiger charge is -2.35. The molecule has 0 radical (unpaired) electrons. The van der Waals surface area contributed by atoms with Crippen molar-refractivity contribution in [2.45, 2.75) is 51.7 Å². The highest BCUT2D eigenvalue weighted by molar-refractivity contribution is 5.87. The van der Waals surface area contributed by atoms with Crippen LogP contribution in [-0.4, -0.2) is 47.6 Å². The molecule has 0 aromatic carbocycles. The highest BCUT2D eigenvalue weighted by atomic mass is 16.5. The predicted octanol–water partition coefficient (Wildman–Crippen LogP) is 1.68. The van der Waals surface area contributed by atoms with Crippen LogP contribution in [0.5, 0.6) is 5.88 Å². The Balaban J connectivity index is 1.81. The maximum atomic E-state index is 12.5. The summed E-state index contributed by atoms with van der Waals surface area (Å²) < 4.78 is 5.05. The molecule has 2 rings (SSSR count). The number of carbonyl (C=O) groups excluding carboxylic acids is 2. The number of rotatable bonds is 5. The lowest BCUT2D eigenvalue weighted by molar-refractivity contribution is -0.136. The maximum Gasteiger partial charge on any atom is 0.315 e. The molecule has 0 saturated carbocycles. The fraction of sp³-hybridized carbons (Fsp3) is 0.588. The summed E-state index contributed by atoms with van der Waals surface area (Å²) in [6.45, 7) is 4.88. The lowest BCUT2D eigenvalue weighted by Crippen LogP contribution is -2.53. The first-order valence-electron chi connectivity index (χ1n) is 8.35. The fourth-order valence-electron chi connectivity index (χ4n) is 2.84. The molecule has 0 bridgehead atoms. The summed E-state index contributed by atoms with van der Waals surface area (Å²) in [6.07, 6.45) is 4.83. The van der Waals surface area contributed by atoms with Gasteiger partial charge in [-0.1, -0.05) is 0 Å². The van der Waals surface area contributed by atoms with Gasteiger partial charge in [0.25, 0.3) is 0 Å². The molecule has 0 unspecified atom stereocenters. The van der Waals surface area contributed by atoms with Crippen LogP contribution in [0.4, 0.5) is 4.79 Å². The van der Waals surface area contributed by atoms with E-state index in [1.165, 1.54) is 0 Å². The number of urea groups is 1. The quantitative estimate of drug-likeness (QED) is 0.858. The van der Waals surface area contributed by atoms with Gasteiger partial charge in [-0.15, -0.1) is 0 Å². The zero-order valence-corrected chi connectivity index (χ0v) is 14.5. The van der Waals surface area contributed by atoms with Gasteiger partial charge >= 0.3 is 6.03 Å². The molecular weight excluding hydrogens is 308 g/mol. The van der Waals surface area contributed by atoms with Gasteiger partial charge in [0.2, 0.25) is 11.8 Å². The Morgan fingerprint density at radius 1 is 1.46 bits per heavy atom. The molecule has 1 saturated heterocycles. The highest BCUT2D eigenvalue weighted by Gasteiger charge is 2.27. The summed E-state index contributed by atoms with van der Waals surface area (Å²) >= 11 is 0. The second kappa shape index (κ2) is 8.52. The Morgan fingerprint density at radius 3 is 2.96 bits per heavy atom. The van der Waals surface area contributed by atoms with Gasteiger partial charge in [0.1, 0.15) is 6.04 Å². The van der Waals surface area contributed by atoms with Gasteiger partial charge in [-0.3, -0.25) is 4.79 Å². The number of ether oxygens (including phenoxy) is 1. The van der Waals surface area contributed by atoms with Crippen molar-refractivity contribution in [2.75, 3.05) is 13.7 Å². The van der Waals surface area contributed by atoms with Crippen LogP contribution >= 0.6 is 0 Å². The number of aromatic nitrogens is 1. The van der Waals surface area contributed by atoms with E-state index in [2.05, 4.69) is 22.5 Å². The summed E-state index contributed by atoms with van der Waals surface area (Å²) in [5.74, 6) is 0.472. The average Bonchev–Trinajstić information content (AvgIpc) is 2.60. The van der Waals surface area contributed by atoms with Crippen LogP contribution in [0.15, 0.2) is 18.3 Å². The fourth-order valence-corrected chi connectivity index (χ4v) is 2.84. The third-order valence-electron chi connectivity index (χ3n) is 4.27. The van der Waals surface area contributed by atoms with E-state index in [-0.39, 0.29) is 18.0 Å². The van der Waals surface area contributed by atoms with Gasteiger partial charge in [0.05, 0.1) is 7.11 Å². The third kappa shape index (κ3) is 4.84. The summed E-state index contributed by atoms with van der Waals surface area (Å²) in [5, 5.41) is 5.45. The van der Waals surface area contributed by atoms with Crippen molar-refractivity contribution in [3.63, 3.8) is 0 Å². The second-order valence-corrected chi connectivity index (χ2v) is 6.13. The molecule has 1 fully saturated rings. The molecule has 24 heavy (non-hydrogen) atoms. The summed E-state index contributed by atoms with van der Waals surface area (Å²) in [4.78, 5) is 30.3. The van der Waals surface area contributed by atoms with Crippen molar-refractivity contribution in [1.82, 2.24) is 20.5 Å². The summed E-state index contributed by atoms with van der Waals surface area (Å²) in [7, 11) is 1.54. The van der Waals surface area contributed by atoms with Gasteiger partial charge in [-0.25, -0.2) is 9.78 Å². The first kappa shape index (κ1) is 18.0.